The minimum absolute atomic E-state index is 0. The third-order valence-electron chi connectivity index (χ3n) is 4.44. The highest BCUT2D eigenvalue weighted by molar-refractivity contribution is 14.0. The normalized spacial score (nSPS) is 20.2. The maximum absolute atomic E-state index is 12.1. The molecule has 0 aromatic heterocycles. The smallest absolute Gasteiger partial charge is 0.223 e. The van der Waals surface area contributed by atoms with Crippen LogP contribution in [0.1, 0.15) is 39.0 Å². The zero-order valence-electron chi connectivity index (χ0n) is 16.5. The molecular formula is C17H34IN5O4S. The second-order valence-corrected chi connectivity index (χ2v) is 8.84. The molecule has 0 aromatic rings. The molecule has 1 heterocycles. The van der Waals surface area contributed by atoms with Crippen molar-refractivity contribution >= 4 is 45.9 Å². The number of sulfonamides is 1. The molecule has 1 aliphatic carbocycles. The summed E-state index contributed by atoms with van der Waals surface area (Å²) < 4.78 is 32.3. The van der Waals surface area contributed by atoms with Gasteiger partial charge in [0.2, 0.25) is 15.9 Å². The van der Waals surface area contributed by atoms with Crippen LogP contribution in [0, 0.1) is 5.92 Å². The molecule has 0 spiro atoms. The average molecular weight is 531 g/mol. The molecule has 2 fully saturated rings. The first-order chi connectivity index (χ1) is 13.0. The molecule has 0 aromatic carbocycles. The highest BCUT2D eigenvalue weighted by Crippen LogP contribution is 2.28. The van der Waals surface area contributed by atoms with Crippen molar-refractivity contribution in [2.45, 2.75) is 45.1 Å². The molecule has 0 radical (unpaired) electrons. The maximum Gasteiger partial charge on any atom is 0.223 e. The fraction of sp³-hybridized carbons (Fsp3) is 0.882. The van der Waals surface area contributed by atoms with E-state index in [9.17, 15) is 13.2 Å². The van der Waals surface area contributed by atoms with Gasteiger partial charge in [-0.3, -0.25) is 9.79 Å². The zero-order valence-corrected chi connectivity index (χ0v) is 19.7. The van der Waals surface area contributed by atoms with E-state index in [1.807, 2.05) is 6.92 Å². The van der Waals surface area contributed by atoms with Gasteiger partial charge in [0.1, 0.15) is 0 Å². The van der Waals surface area contributed by atoms with Gasteiger partial charge < -0.3 is 20.7 Å². The topological polar surface area (TPSA) is 121 Å². The van der Waals surface area contributed by atoms with Crippen molar-refractivity contribution in [3.8, 4) is 0 Å². The summed E-state index contributed by atoms with van der Waals surface area (Å²) in [6, 6.07) is 0. The molecule has 164 valence electrons. The summed E-state index contributed by atoms with van der Waals surface area (Å²) in [5, 5.41) is 9.03. The third kappa shape index (κ3) is 10.8. The van der Waals surface area contributed by atoms with Gasteiger partial charge in [-0.05, 0) is 39.0 Å². The first-order valence-corrected chi connectivity index (χ1v) is 11.5. The molecule has 1 aliphatic heterocycles. The standard InChI is InChI=1S/C17H33N5O4S.HI/c1-2-18-17(20-9-8-19-16(23)14-6-7-14)21-10-12-27(24,25)22-13-15-5-3-4-11-26-15;/h14-15,22H,2-13H2,1H3,(H,19,23)(H2,18,20,21);1H. The van der Waals surface area contributed by atoms with E-state index in [1.54, 1.807) is 0 Å². The third-order valence-corrected chi connectivity index (χ3v) is 5.77. The quantitative estimate of drug-likeness (QED) is 0.131. The Morgan fingerprint density at radius 3 is 2.50 bits per heavy atom. The molecule has 1 saturated carbocycles. The van der Waals surface area contributed by atoms with Crippen LogP contribution in [0.2, 0.25) is 0 Å². The van der Waals surface area contributed by atoms with E-state index in [4.69, 9.17) is 4.74 Å². The Hall–Kier alpha value is -0.660. The number of hydrogen-bond donors (Lipinski definition) is 4. The number of aliphatic imine (C=N–C) groups is 1. The number of nitrogens with zero attached hydrogens (tertiary/aromatic N) is 1. The second-order valence-electron chi connectivity index (χ2n) is 6.91. The number of carbonyl (C=O) groups is 1. The van der Waals surface area contributed by atoms with Crippen molar-refractivity contribution in [1.82, 2.24) is 20.7 Å². The Labute approximate surface area is 185 Å². The van der Waals surface area contributed by atoms with Crippen LogP contribution in [0.25, 0.3) is 0 Å². The lowest BCUT2D eigenvalue weighted by atomic mass is 10.1. The summed E-state index contributed by atoms with van der Waals surface area (Å²) in [6.07, 6.45) is 4.96. The van der Waals surface area contributed by atoms with Gasteiger partial charge in [-0.15, -0.1) is 24.0 Å². The number of nitrogens with one attached hydrogen (secondary N) is 4. The molecule has 1 unspecified atom stereocenters. The highest BCUT2D eigenvalue weighted by atomic mass is 127. The van der Waals surface area contributed by atoms with Crippen LogP contribution < -0.4 is 20.7 Å². The number of amides is 1. The fourth-order valence-corrected chi connectivity index (χ4v) is 3.65. The SMILES string of the molecule is CCNC(=NCCS(=O)(=O)NCC1CCCCO1)NCCNC(=O)C1CC1.I. The molecule has 11 heteroatoms. The average Bonchev–Trinajstić information content (AvgIpc) is 3.49. The van der Waals surface area contributed by atoms with Crippen molar-refractivity contribution < 1.29 is 17.9 Å². The Balaban J connectivity index is 0.00000392. The molecule has 0 bridgehead atoms. The molecule has 1 atom stereocenters. The monoisotopic (exact) mass is 531 g/mol. The van der Waals surface area contributed by atoms with Gasteiger partial charge in [0.05, 0.1) is 18.4 Å². The molecule has 2 rings (SSSR count). The predicted octanol–water partition coefficient (Wildman–Crippen LogP) is 0.174. The zero-order chi connectivity index (χ0) is 19.5. The van der Waals surface area contributed by atoms with Crippen molar-refractivity contribution in [1.29, 1.82) is 0 Å². The van der Waals surface area contributed by atoms with Crippen LogP contribution in [0.4, 0.5) is 0 Å². The Morgan fingerprint density at radius 1 is 1.11 bits per heavy atom. The van der Waals surface area contributed by atoms with Crippen LogP contribution in [-0.4, -0.2) is 71.5 Å². The highest BCUT2D eigenvalue weighted by Gasteiger charge is 2.28. The second kappa shape index (κ2) is 13.5. The minimum atomic E-state index is -3.38. The largest absolute Gasteiger partial charge is 0.377 e. The molecule has 4 N–H and O–H groups in total. The first-order valence-electron chi connectivity index (χ1n) is 9.89. The van der Waals surface area contributed by atoms with E-state index in [0.717, 1.165) is 32.1 Å². The number of hydrogen-bond acceptors (Lipinski definition) is 5. The van der Waals surface area contributed by atoms with E-state index in [1.165, 1.54) is 0 Å². The summed E-state index contributed by atoms with van der Waals surface area (Å²) in [5.74, 6) is 0.778. The van der Waals surface area contributed by atoms with E-state index < -0.39 is 10.0 Å². The van der Waals surface area contributed by atoms with Crippen LogP contribution >= 0.6 is 24.0 Å². The molecule has 2 aliphatic rings. The lowest BCUT2D eigenvalue weighted by molar-refractivity contribution is -0.122. The summed E-state index contributed by atoms with van der Waals surface area (Å²) in [6.45, 7) is 4.85. The maximum atomic E-state index is 12.1. The summed E-state index contributed by atoms with van der Waals surface area (Å²) in [7, 11) is -3.38. The van der Waals surface area contributed by atoms with Crippen molar-refractivity contribution in [2.75, 3.05) is 45.1 Å². The lowest BCUT2D eigenvalue weighted by Gasteiger charge is -2.22. The van der Waals surface area contributed by atoms with Gasteiger partial charge in [-0.1, -0.05) is 0 Å². The first kappa shape index (κ1) is 25.4. The number of halogens is 1. The van der Waals surface area contributed by atoms with Gasteiger partial charge in [0.15, 0.2) is 5.96 Å². The van der Waals surface area contributed by atoms with Gasteiger partial charge in [-0.25, -0.2) is 13.1 Å². The van der Waals surface area contributed by atoms with E-state index in [0.29, 0.717) is 38.7 Å². The van der Waals surface area contributed by atoms with Crippen molar-refractivity contribution in [3.05, 3.63) is 0 Å². The summed E-state index contributed by atoms with van der Waals surface area (Å²) >= 11 is 0. The lowest BCUT2D eigenvalue weighted by Crippen LogP contribution is -2.42. The van der Waals surface area contributed by atoms with Crippen LogP contribution in [0.5, 0.6) is 0 Å². The van der Waals surface area contributed by atoms with E-state index >= 15 is 0 Å². The van der Waals surface area contributed by atoms with E-state index in [2.05, 4.69) is 25.7 Å². The van der Waals surface area contributed by atoms with Gasteiger partial charge >= 0.3 is 0 Å². The fourth-order valence-electron chi connectivity index (χ4n) is 2.74. The Kier molecular flexibility index (Phi) is 12.3. The van der Waals surface area contributed by atoms with Gasteiger partial charge in [-0.2, -0.15) is 0 Å². The molecule has 1 amide bonds. The van der Waals surface area contributed by atoms with Crippen LogP contribution in [0.3, 0.4) is 0 Å². The van der Waals surface area contributed by atoms with Gasteiger partial charge in [0, 0.05) is 38.7 Å². The van der Waals surface area contributed by atoms with Gasteiger partial charge in [0.25, 0.3) is 0 Å². The van der Waals surface area contributed by atoms with Crippen molar-refractivity contribution in [2.24, 2.45) is 10.9 Å². The Bertz CT molecular complexity index is 592. The number of guanidine groups is 1. The number of ether oxygens (including phenoxy) is 1. The molecule has 9 nitrogen and oxygen atoms in total. The molecular weight excluding hydrogens is 497 g/mol. The number of carbonyl (C=O) groups excluding carboxylic acids is 1. The van der Waals surface area contributed by atoms with E-state index in [-0.39, 0.29) is 54.2 Å². The molecule has 1 saturated heterocycles. The van der Waals surface area contributed by atoms with Crippen molar-refractivity contribution in [3.63, 3.8) is 0 Å². The Morgan fingerprint density at radius 2 is 1.86 bits per heavy atom. The van der Waals surface area contributed by atoms with Crippen LogP contribution in [0.15, 0.2) is 4.99 Å². The predicted molar refractivity (Wildman–Crippen MR) is 121 cm³/mol. The number of rotatable bonds is 11. The minimum Gasteiger partial charge on any atom is -0.377 e. The van der Waals surface area contributed by atoms with Crippen LogP contribution in [-0.2, 0) is 19.6 Å². The molecule has 28 heavy (non-hydrogen) atoms. The summed E-state index contributed by atoms with van der Waals surface area (Å²) in [5.41, 5.74) is 0. The summed E-state index contributed by atoms with van der Waals surface area (Å²) in [4.78, 5) is 15.9.